The number of hydrogen-bond donors (Lipinski definition) is 0. The first kappa shape index (κ1) is 32.9. The van der Waals surface area contributed by atoms with Gasteiger partial charge in [0.05, 0.1) is 5.41 Å². The van der Waals surface area contributed by atoms with E-state index >= 15 is 0 Å². The van der Waals surface area contributed by atoms with Crippen molar-refractivity contribution >= 4 is 5.57 Å². The Morgan fingerprint density at radius 2 is 0.857 bits per heavy atom. The molecule has 56 heavy (non-hydrogen) atoms. The maximum absolute atomic E-state index is 2.58. The summed E-state index contributed by atoms with van der Waals surface area (Å²) >= 11 is 0. The van der Waals surface area contributed by atoms with Gasteiger partial charge in [-0.3, -0.25) is 0 Å². The summed E-state index contributed by atoms with van der Waals surface area (Å²) in [4.78, 5) is 0. The highest BCUT2D eigenvalue weighted by molar-refractivity contribution is 5.86. The minimum atomic E-state index is -0.111. The van der Waals surface area contributed by atoms with Crippen LogP contribution in [0.3, 0.4) is 0 Å². The quantitative estimate of drug-likeness (QED) is 0.150. The fraction of sp³-hybridized carbons (Fsp3) is 0.107. The van der Waals surface area contributed by atoms with Crippen LogP contribution >= 0.6 is 0 Å². The third kappa shape index (κ3) is 5.13. The van der Waals surface area contributed by atoms with Gasteiger partial charge in [-0.05, 0) is 90.7 Å². The molecular formula is C56H42. The van der Waals surface area contributed by atoms with Crippen LogP contribution in [0, 0.1) is 11.8 Å². The van der Waals surface area contributed by atoms with Crippen molar-refractivity contribution in [3.8, 4) is 33.4 Å². The molecule has 0 bridgehead atoms. The minimum absolute atomic E-state index is 0.111. The Morgan fingerprint density at radius 3 is 1.39 bits per heavy atom. The lowest BCUT2D eigenvalue weighted by Crippen LogP contribution is -2.35. The van der Waals surface area contributed by atoms with Crippen LogP contribution in [0.5, 0.6) is 0 Å². The molecule has 7 aromatic rings. The van der Waals surface area contributed by atoms with E-state index in [0.717, 1.165) is 12.8 Å². The predicted octanol–water partition coefficient (Wildman–Crippen LogP) is 14.0. The zero-order valence-electron chi connectivity index (χ0n) is 31.4. The first-order valence-corrected chi connectivity index (χ1v) is 20.2. The van der Waals surface area contributed by atoms with Gasteiger partial charge in [-0.1, -0.05) is 218 Å². The molecule has 0 saturated carbocycles. The normalized spacial score (nSPS) is 18.4. The van der Waals surface area contributed by atoms with Crippen molar-refractivity contribution in [2.24, 2.45) is 11.8 Å². The van der Waals surface area contributed by atoms with Crippen molar-refractivity contribution < 1.29 is 0 Å². The summed E-state index contributed by atoms with van der Waals surface area (Å²) in [7, 11) is 0. The first-order chi connectivity index (χ1) is 27.8. The molecule has 11 rings (SSSR count). The summed E-state index contributed by atoms with van der Waals surface area (Å²) in [5.74, 6) is 0.860. The number of benzene rings is 7. The second-order valence-corrected chi connectivity index (χ2v) is 15.9. The van der Waals surface area contributed by atoms with Gasteiger partial charge in [0.15, 0.2) is 0 Å². The van der Waals surface area contributed by atoms with Gasteiger partial charge in [-0.25, -0.2) is 0 Å². The molecule has 2 atom stereocenters. The molecule has 0 aliphatic heterocycles. The summed E-state index contributed by atoms with van der Waals surface area (Å²) in [5.41, 5.74) is 20.5. The Hall–Kier alpha value is -6.50. The highest BCUT2D eigenvalue weighted by Crippen LogP contribution is 2.66. The van der Waals surface area contributed by atoms with Crippen LogP contribution in [-0.2, 0) is 5.41 Å². The van der Waals surface area contributed by atoms with Crippen LogP contribution in [0.2, 0.25) is 0 Å². The highest BCUT2D eigenvalue weighted by atomic mass is 14.6. The summed E-state index contributed by atoms with van der Waals surface area (Å²) in [5, 5.41) is 0. The highest BCUT2D eigenvalue weighted by Gasteiger charge is 2.57. The SMILES string of the molecule is C1=CC2C3=C(CCC(c4ccc(C(c5ccc(-c6ccccc6)cc5)c5ccc(-c6ccccc6)cc5)cc4)=C3)C3(c4ccccc4-c4ccccc43)C2C=C1. The van der Waals surface area contributed by atoms with Crippen LogP contribution in [0.1, 0.15) is 52.1 Å². The second kappa shape index (κ2) is 13.4. The van der Waals surface area contributed by atoms with Crippen molar-refractivity contribution in [3.05, 3.63) is 257 Å². The molecular weight excluding hydrogens is 673 g/mol. The Bertz CT molecular complexity index is 2580. The topological polar surface area (TPSA) is 0 Å². The van der Waals surface area contributed by atoms with E-state index < -0.39 is 0 Å². The summed E-state index contributed by atoms with van der Waals surface area (Å²) in [6.45, 7) is 0. The van der Waals surface area contributed by atoms with Crippen molar-refractivity contribution in [3.63, 3.8) is 0 Å². The van der Waals surface area contributed by atoms with Gasteiger partial charge in [0, 0.05) is 17.8 Å². The summed E-state index contributed by atoms with van der Waals surface area (Å²) < 4.78 is 0. The van der Waals surface area contributed by atoms with Crippen LogP contribution in [-0.4, -0.2) is 0 Å². The van der Waals surface area contributed by atoms with E-state index in [1.807, 2.05) is 0 Å². The van der Waals surface area contributed by atoms with E-state index in [4.69, 9.17) is 0 Å². The van der Waals surface area contributed by atoms with Crippen LogP contribution in [0.4, 0.5) is 0 Å². The third-order valence-electron chi connectivity index (χ3n) is 13.1. The van der Waals surface area contributed by atoms with Crippen LogP contribution in [0.15, 0.2) is 224 Å². The van der Waals surface area contributed by atoms with E-state index in [2.05, 4.69) is 212 Å². The van der Waals surface area contributed by atoms with Gasteiger partial charge < -0.3 is 0 Å². The lowest BCUT2D eigenvalue weighted by atomic mass is 9.63. The van der Waals surface area contributed by atoms with Crippen LogP contribution in [0.25, 0.3) is 39.0 Å². The Balaban J connectivity index is 0.975. The Labute approximate surface area is 330 Å². The van der Waals surface area contributed by atoms with Gasteiger partial charge >= 0.3 is 0 Å². The summed E-state index contributed by atoms with van der Waals surface area (Å²) in [6, 6.07) is 67.7. The molecule has 4 aliphatic carbocycles. The smallest absolute Gasteiger partial charge is 0.0500 e. The largest absolute Gasteiger partial charge is 0.0789 e. The molecule has 266 valence electrons. The monoisotopic (exact) mass is 714 g/mol. The summed E-state index contributed by atoms with van der Waals surface area (Å²) in [6.07, 6.45) is 14.2. The second-order valence-electron chi connectivity index (χ2n) is 15.9. The molecule has 0 heterocycles. The number of fused-ring (bicyclic) bond motifs is 9. The van der Waals surface area contributed by atoms with Crippen molar-refractivity contribution in [1.29, 1.82) is 0 Å². The molecule has 0 heteroatoms. The lowest BCUT2D eigenvalue weighted by molar-refractivity contribution is 0.425. The molecule has 0 nitrogen and oxygen atoms in total. The zero-order valence-corrected chi connectivity index (χ0v) is 31.4. The molecule has 1 spiro atoms. The van der Waals surface area contributed by atoms with Crippen molar-refractivity contribution in [2.45, 2.75) is 24.2 Å². The van der Waals surface area contributed by atoms with E-state index in [-0.39, 0.29) is 11.3 Å². The molecule has 4 aliphatic rings. The lowest BCUT2D eigenvalue weighted by Gasteiger charge is -2.38. The molecule has 0 amide bonds. The molecule has 2 unspecified atom stereocenters. The molecule has 0 saturated heterocycles. The third-order valence-corrected chi connectivity index (χ3v) is 13.1. The Kier molecular flexibility index (Phi) is 7.85. The molecule has 0 fully saturated rings. The minimum Gasteiger partial charge on any atom is -0.0789 e. The van der Waals surface area contributed by atoms with E-state index in [1.54, 1.807) is 5.57 Å². The van der Waals surface area contributed by atoms with Gasteiger partial charge in [0.25, 0.3) is 0 Å². The number of rotatable bonds is 6. The average Bonchev–Trinajstić information content (AvgIpc) is 3.75. The standard InChI is InChI=1S/C56H42/c1-3-13-38(14-4-1)40-23-29-43(30-24-40)55(44-31-25-41(26-32-44)39-15-5-2-6-16-39)45-33-27-42(28-34-45)46-35-36-54-50(37-46)49-19-9-12-22-53(49)56(54)51-20-10-7-17-47(51)48-18-8-11-21-52(48)56/h1-34,37,49,53,55H,35-36H2. The fourth-order valence-electron chi connectivity index (χ4n) is 10.6. The van der Waals surface area contributed by atoms with Gasteiger partial charge in [0.1, 0.15) is 0 Å². The van der Waals surface area contributed by atoms with E-state index in [1.165, 1.54) is 77.9 Å². The first-order valence-electron chi connectivity index (χ1n) is 20.2. The zero-order chi connectivity index (χ0) is 37.1. The number of hydrogen-bond acceptors (Lipinski definition) is 0. The number of allylic oxidation sites excluding steroid dienone is 8. The van der Waals surface area contributed by atoms with Gasteiger partial charge in [-0.15, -0.1) is 0 Å². The molecule has 0 aromatic heterocycles. The maximum Gasteiger partial charge on any atom is 0.0500 e. The van der Waals surface area contributed by atoms with Crippen molar-refractivity contribution in [2.75, 3.05) is 0 Å². The van der Waals surface area contributed by atoms with Crippen LogP contribution < -0.4 is 0 Å². The van der Waals surface area contributed by atoms with Gasteiger partial charge in [-0.2, -0.15) is 0 Å². The maximum atomic E-state index is 2.58. The average molecular weight is 715 g/mol. The van der Waals surface area contributed by atoms with E-state index in [9.17, 15) is 0 Å². The predicted molar refractivity (Wildman–Crippen MR) is 233 cm³/mol. The van der Waals surface area contributed by atoms with Crippen molar-refractivity contribution in [1.82, 2.24) is 0 Å². The molecule has 7 aromatic carbocycles. The molecule has 0 N–H and O–H groups in total. The van der Waals surface area contributed by atoms with Gasteiger partial charge in [0.2, 0.25) is 0 Å². The fourth-order valence-corrected chi connectivity index (χ4v) is 10.6. The Morgan fingerprint density at radius 1 is 0.411 bits per heavy atom. The van der Waals surface area contributed by atoms with E-state index in [0.29, 0.717) is 11.8 Å². The molecule has 0 radical (unpaired) electrons.